The molecule has 1 saturated carbocycles. The Morgan fingerprint density at radius 2 is 1.95 bits per heavy atom. The van der Waals surface area contributed by atoms with E-state index < -0.39 is 11.7 Å². The fraction of sp³-hybridized carbons (Fsp3) is 0.538. The molecule has 5 rings (SSSR count). The summed E-state index contributed by atoms with van der Waals surface area (Å²) in [6.45, 7) is 4.39. The van der Waals surface area contributed by atoms with Crippen LogP contribution in [0.1, 0.15) is 50.2 Å². The summed E-state index contributed by atoms with van der Waals surface area (Å²) in [6, 6.07) is 4.03. The van der Waals surface area contributed by atoms with E-state index in [4.69, 9.17) is 11.6 Å². The lowest BCUT2D eigenvalue weighted by Crippen LogP contribution is -2.52. The average Bonchev–Trinajstić information content (AvgIpc) is 3.31. The third-order valence-electron chi connectivity index (χ3n) is 7.47. The summed E-state index contributed by atoms with van der Waals surface area (Å²) in [7, 11) is 0. The van der Waals surface area contributed by atoms with E-state index >= 15 is 0 Å². The van der Waals surface area contributed by atoms with Gasteiger partial charge in [-0.05, 0) is 49.4 Å². The fourth-order valence-corrected chi connectivity index (χ4v) is 5.75. The van der Waals surface area contributed by atoms with E-state index in [1.807, 2.05) is 6.92 Å². The zero-order valence-corrected chi connectivity index (χ0v) is 21.5. The lowest BCUT2D eigenvalue weighted by Gasteiger charge is -2.40. The molecule has 0 unspecified atom stereocenters. The van der Waals surface area contributed by atoms with E-state index in [1.54, 1.807) is 12.3 Å². The van der Waals surface area contributed by atoms with Crippen molar-refractivity contribution in [2.45, 2.75) is 57.9 Å². The highest BCUT2D eigenvalue weighted by Gasteiger charge is 2.33. The van der Waals surface area contributed by atoms with Crippen molar-refractivity contribution >= 4 is 40.1 Å². The minimum atomic E-state index is -4.45. The number of H-pyrrole nitrogens is 1. The second kappa shape index (κ2) is 10.6. The van der Waals surface area contributed by atoms with Gasteiger partial charge >= 0.3 is 6.18 Å². The van der Waals surface area contributed by atoms with Gasteiger partial charge < -0.3 is 25.2 Å². The maximum atomic E-state index is 13.7. The van der Waals surface area contributed by atoms with Crippen molar-refractivity contribution in [1.82, 2.24) is 15.0 Å². The maximum absolute atomic E-state index is 13.7. The molecule has 11 heteroatoms. The van der Waals surface area contributed by atoms with E-state index in [1.165, 1.54) is 25.3 Å². The summed E-state index contributed by atoms with van der Waals surface area (Å²) in [6.07, 6.45) is 2.95. The predicted molar refractivity (Wildman–Crippen MR) is 140 cm³/mol. The number of halogens is 4. The highest BCUT2D eigenvalue weighted by Crippen LogP contribution is 2.37. The van der Waals surface area contributed by atoms with Gasteiger partial charge in [0, 0.05) is 38.4 Å². The number of aromatic amines is 1. The number of rotatable bonds is 6. The smallest absolute Gasteiger partial charge is 0.392 e. The lowest BCUT2D eigenvalue weighted by atomic mass is 9.89. The van der Waals surface area contributed by atoms with E-state index in [0.717, 1.165) is 18.9 Å². The SMILES string of the molecule is C[C@@H]1CN(c2ncc(CO)cc2Cl)CCN1c1nc2cc(C(F)(F)F)cc(NCC3CCCCC3)c2[nH]1. The minimum Gasteiger partial charge on any atom is -0.392 e. The summed E-state index contributed by atoms with van der Waals surface area (Å²) in [5.74, 6) is 1.68. The molecule has 200 valence electrons. The number of nitrogens with one attached hydrogen (secondary N) is 2. The lowest BCUT2D eigenvalue weighted by molar-refractivity contribution is -0.137. The first-order valence-electron chi connectivity index (χ1n) is 12.8. The van der Waals surface area contributed by atoms with Crippen LogP contribution in [0, 0.1) is 5.92 Å². The van der Waals surface area contributed by atoms with Crippen LogP contribution in [0.15, 0.2) is 24.4 Å². The van der Waals surface area contributed by atoms with Crippen molar-refractivity contribution in [3.8, 4) is 0 Å². The molecule has 0 amide bonds. The molecular formula is C26H32ClF3N6O. The molecular weight excluding hydrogens is 505 g/mol. The topological polar surface area (TPSA) is 80.3 Å². The number of imidazole rings is 1. The van der Waals surface area contributed by atoms with Gasteiger partial charge in [0.25, 0.3) is 0 Å². The number of aliphatic hydroxyl groups is 1. The predicted octanol–water partition coefficient (Wildman–Crippen LogP) is 5.83. The van der Waals surface area contributed by atoms with Gasteiger partial charge in [-0.25, -0.2) is 9.97 Å². The van der Waals surface area contributed by atoms with Crippen LogP contribution in [0.2, 0.25) is 5.02 Å². The zero-order chi connectivity index (χ0) is 26.2. The summed E-state index contributed by atoms with van der Waals surface area (Å²) in [4.78, 5) is 16.5. The monoisotopic (exact) mass is 536 g/mol. The second-order valence-corrected chi connectivity index (χ2v) is 10.6. The highest BCUT2D eigenvalue weighted by molar-refractivity contribution is 6.33. The van der Waals surface area contributed by atoms with Crippen LogP contribution in [0.4, 0.5) is 30.6 Å². The molecule has 1 aromatic carbocycles. The number of pyridine rings is 1. The first-order chi connectivity index (χ1) is 17.7. The molecule has 1 aliphatic heterocycles. The third kappa shape index (κ3) is 5.60. The first-order valence-corrected chi connectivity index (χ1v) is 13.2. The molecule has 2 fully saturated rings. The average molecular weight is 537 g/mol. The van der Waals surface area contributed by atoms with Crippen molar-refractivity contribution in [3.05, 3.63) is 40.5 Å². The summed E-state index contributed by atoms with van der Waals surface area (Å²) in [5.41, 5.74) is 1.29. The van der Waals surface area contributed by atoms with Crippen LogP contribution in [0.3, 0.4) is 0 Å². The molecule has 3 heterocycles. The van der Waals surface area contributed by atoms with Gasteiger partial charge in [0.15, 0.2) is 0 Å². The zero-order valence-electron chi connectivity index (χ0n) is 20.8. The van der Waals surface area contributed by atoms with E-state index in [9.17, 15) is 18.3 Å². The number of benzene rings is 1. The van der Waals surface area contributed by atoms with Crippen molar-refractivity contribution in [3.63, 3.8) is 0 Å². The first kappa shape index (κ1) is 25.9. The molecule has 37 heavy (non-hydrogen) atoms. The molecule has 1 saturated heterocycles. The van der Waals surface area contributed by atoms with Gasteiger partial charge in [-0.1, -0.05) is 30.9 Å². The maximum Gasteiger partial charge on any atom is 0.416 e. The van der Waals surface area contributed by atoms with Crippen molar-refractivity contribution in [2.75, 3.05) is 41.3 Å². The molecule has 1 aliphatic carbocycles. The molecule has 0 spiro atoms. The molecule has 7 nitrogen and oxygen atoms in total. The number of aromatic nitrogens is 3. The summed E-state index contributed by atoms with van der Waals surface area (Å²) < 4.78 is 41.1. The highest BCUT2D eigenvalue weighted by atomic mass is 35.5. The van der Waals surface area contributed by atoms with Crippen molar-refractivity contribution in [2.24, 2.45) is 5.92 Å². The Balaban J connectivity index is 1.38. The van der Waals surface area contributed by atoms with Crippen molar-refractivity contribution < 1.29 is 18.3 Å². The summed E-state index contributed by atoms with van der Waals surface area (Å²) >= 11 is 6.40. The number of nitrogens with zero attached hydrogens (tertiary/aromatic N) is 4. The number of piperazine rings is 1. The molecule has 2 aliphatic rings. The molecule has 0 radical (unpaired) electrons. The van der Waals surface area contributed by atoms with Gasteiger partial charge in [-0.15, -0.1) is 0 Å². The Morgan fingerprint density at radius 1 is 1.16 bits per heavy atom. The molecule has 3 N–H and O–H groups in total. The van der Waals surface area contributed by atoms with E-state index in [0.29, 0.717) is 71.2 Å². The number of alkyl halides is 3. The van der Waals surface area contributed by atoms with Crippen LogP contribution in [-0.2, 0) is 12.8 Å². The number of hydrogen-bond acceptors (Lipinski definition) is 6. The minimum absolute atomic E-state index is 0.00503. The van der Waals surface area contributed by atoms with Gasteiger partial charge in [0.05, 0.1) is 33.9 Å². The number of fused-ring (bicyclic) bond motifs is 1. The Morgan fingerprint density at radius 3 is 2.62 bits per heavy atom. The van der Waals surface area contributed by atoms with E-state index in [2.05, 4.69) is 30.1 Å². The Bertz CT molecular complexity index is 1240. The standard InChI is InChI=1S/C26H32ClF3N6O/c1-16-14-35(24-20(27)9-18(15-37)13-32-24)7-8-36(16)25-33-22-11-19(26(28,29)30)10-21(23(22)34-25)31-12-17-5-3-2-4-6-17/h9-11,13,16-17,31,37H,2-8,12,14-15H2,1H3,(H,33,34)/t16-/m1/s1. The van der Waals surface area contributed by atoms with Gasteiger partial charge in [-0.2, -0.15) is 13.2 Å². The Kier molecular flexibility index (Phi) is 7.40. The molecule has 3 aromatic rings. The number of anilines is 3. The van der Waals surface area contributed by atoms with Crippen LogP contribution in [-0.4, -0.2) is 52.3 Å². The molecule has 2 aromatic heterocycles. The number of aliphatic hydroxyl groups excluding tert-OH is 1. The molecule has 0 bridgehead atoms. The van der Waals surface area contributed by atoms with Gasteiger partial charge in [-0.3, -0.25) is 0 Å². The Hall–Kier alpha value is -2.72. The van der Waals surface area contributed by atoms with Gasteiger partial charge in [0.1, 0.15) is 5.82 Å². The fourth-order valence-electron chi connectivity index (χ4n) is 5.44. The summed E-state index contributed by atoms with van der Waals surface area (Å²) in [5, 5.41) is 13.1. The quantitative estimate of drug-likeness (QED) is 0.368. The second-order valence-electron chi connectivity index (χ2n) is 10.2. The van der Waals surface area contributed by atoms with Crippen LogP contribution >= 0.6 is 11.6 Å². The van der Waals surface area contributed by atoms with Crippen LogP contribution in [0.25, 0.3) is 11.0 Å². The van der Waals surface area contributed by atoms with Gasteiger partial charge in [0.2, 0.25) is 5.95 Å². The van der Waals surface area contributed by atoms with Crippen LogP contribution < -0.4 is 15.1 Å². The normalized spacial score (nSPS) is 19.6. The van der Waals surface area contributed by atoms with Crippen molar-refractivity contribution in [1.29, 1.82) is 0 Å². The third-order valence-corrected chi connectivity index (χ3v) is 7.75. The Labute approximate surface area is 219 Å². The van der Waals surface area contributed by atoms with Crippen LogP contribution in [0.5, 0.6) is 0 Å². The molecule has 1 atom stereocenters. The number of hydrogen-bond donors (Lipinski definition) is 3. The van der Waals surface area contributed by atoms with E-state index in [-0.39, 0.29) is 12.6 Å². The largest absolute Gasteiger partial charge is 0.416 e.